The van der Waals surface area contributed by atoms with Crippen LogP contribution in [0.4, 0.5) is 0 Å². The predicted molar refractivity (Wildman–Crippen MR) is 74.7 cm³/mol. The number of nitrogens with zero attached hydrogens (tertiary/aromatic N) is 1. The van der Waals surface area contributed by atoms with E-state index in [0.29, 0.717) is 0 Å². The zero-order valence-corrected chi connectivity index (χ0v) is 13.0. The van der Waals surface area contributed by atoms with Gasteiger partial charge in [0.05, 0.1) is 0 Å². The number of hydrogen-bond acceptors (Lipinski definition) is 9. The van der Waals surface area contributed by atoms with E-state index in [1.165, 1.54) is 0 Å². The second kappa shape index (κ2) is 10.3. The Bertz CT molecular complexity index is 474. The van der Waals surface area contributed by atoms with Crippen LogP contribution in [0.5, 0.6) is 0 Å². The number of carbonyl (C=O) groups is 3. The number of hydrogen-bond donors (Lipinski definition) is 1. The van der Waals surface area contributed by atoms with Gasteiger partial charge in [0.2, 0.25) is 6.54 Å². The normalized spacial score (nSPS) is 14.6. The summed E-state index contributed by atoms with van der Waals surface area (Å²) in [4.78, 5) is 42.7. The SMILES string of the molecule is CC(=O)OC[C@@H](OC(C)=O)[C@@H](/C=C/C(O)C[N+](=O)[O-])OC(C)=O. The van der Waals surface area contributed by atoms with Gasteiger partial charge in [0.15, 0.2) is 12.2 Å². The molecule has 10 nitrogen and oxygen atoms in total. The van der Waals surface area contributed by atoms with Crippen LogP contribution < -0.4 is 0 Å². The van der Waals surface area contributed by atoms with Crippen LogP contribution in [0.15, 0.2) is 12.2 Å². The molecule has 0 amide bonds. The Kier molecular flexibility index (Phi) is 9.16. The fourth-order valence-corrected chi connectivity index (χ4v) is 1.49. The van der Waals surface area contributed by atoms with Crippen molar-refractivity contribution in [1.82, 2.24) is 0 Å². The van der Waals surface area contributed by atoms with Crippen LogP contribution in [0, 0.1) is 10.1 Å². The second-order valence-corrected chi connectivity index (χ2v) is 4.49. The van der Waals surface area contributed by atoms with Crippen molar-refractivity contribution in [3.63, 3.8) is 0 Å². The maximum Gasteiger partial charge on any atom is 0.303 e. The first-order valence-electron chi connectivity index (χ1n) is 6.57. The summed E-state index contributed by atoms with van der Waals surface area (Å²) in [6, 6.07) is 0. The van der Waals surface area contributed by atoms with Crippen molar-refractivity contribution in [3.05, 3.63) is 22.3 Å². The van der Waals surface area contributed by atoms with Crippen molar-refractivity contribution >= 4 is 17.9 Å². The average molecular weight is 333 g/mol. The minimum Gasteiger partial charge on any atom is -0.462 e. The quantitative estimate of drug-likeness (QED) is 0.196. The second-order valence-electron chi connectivity index (χ2n) is 4.49. The Hall–Kier alpha value is -2.49. The summed E-state index contributed by atoms with van der Waals surface area (Å²) in [5, 5.41) is 19.7. The highest BCUT2D eigenvalue weighted by Crippen LogP contribution is 2.10. The molecule has 0 radical (unpaired) electrons. The molecule has 130 valence electrons. The van der Waals surface area contributed by atoms with Gasteiger partial charge in [0.25, 0.3) is 0 Å². The molecule has 0 heterocycles. The third kappa shape index (κ3) is 10.8. The van der Waals surface area contributed by atoms with Crippen LogP contribution >= 0.6 is 0 Å². The lowest BCUT2D eigenvalue weighted by Crippen LogP contribution is -2.37. The van der Waals surface area contributed by atoms with Gasteiger partial charge in [-0.1, -0.05) is 0 Å². The molecular formula is C13H19NO9. The molecule has 0 spiro atoms. The zero-order chi connectivity index (χ0) is 18.0. The summed E-state index contributed by atoms with van der Waals surface area (Å²) in [5.41, 5.74) is 0. The van der Waals surface area contributed by atoms with E-state index >= 15 is 0 Å². The van der Waals surface area contributed by atoms with Gasteiger partial charge >= 0.3 is 17.9 Å². The smallest absolute Gasteiger partial charge is 0.303 e. The molecule has 0 aromatic rings. The molecule has 0 aliphatic heterocycles. The van der Waals surface area contributed by atoms with Crippen molar-refractivity contribution in [1.29, 1.82) is 0 Å². The fourth-order valence-electron chi connectivity index (χ4n) is 1.49. The summed E-state index contributed by atoms with van der Waals surface area (Å²) >= 11 is 0. The van der Waals surface area contributed by atoms with Gasteiger partial charge < -0.3 is 19.3 Å². The van der Waals surface area contributed by atoms with Crippen molar-refractivity contribution in [2.45, 2.75) is 39.1 Å². The van der Waals surface area contributed by atoms with Crippen LogP contribution in [0.2, 0.25) is 0 Å². The molecular weight excluding hydrogens is 314 g/mol. The van der Waals surface area contributed by atoms with E-state index in [1.807, 2.05) is 0 Å². The molecule has 0 fully saturated rings. The number of aliphatic hydroxyl groups excluding tert-OH is 1. The minimum absolute atomic E-state index is 0.386. The third-order valence-corrected chi connectivity index (χ3v) is 2.30. The first kappa shape index (κ1) is 20.5. The molecule has 0 rings (SSSR count). The summed E-state index contributed by atoms with van der Waals surface area (Å²) in [5.74, 6) is -2.07. The molecule has 1 unspecified atom stereocenters. The van der Waals surface area contributed by atoms with Crippen LogP contribution in [0.3, 0.4) is 0 Å². The number of ether oxygens (including phenoxy) is 3. The Morgan fingerprint density at radius 3 is 2.09 bits per heavy atom. The Morgan fingerprint density at radius 1 is 1.09 bits per heavy atom. The molecule has 0 bridgehead atoms. The molecule has 10 heteroatoms. The lowest BCUT2D eigenvalue weighted by molar-refractivity contribution is -0.487. The number of esters is 3. The molecule has 0 aliphatic rings. The van der Waals surface area contributed by atoms with Crippen molar-refractivity contribution in [2.24, 2.45) is 0 Å². The number of rotatable bonds is 9. The van der Waals surface area contributed by atoms with Crippen molar-refractivity contribution in [2.75, 3.05) is 13.2 Å². The van der Waals surface area contributed by atoms with Crippen LogP contribution in [0.1, 0.15) is 20.8 Å². The van der Waals surface area contributed by atoms with E-state index in [-0.39, 0.29) is 6.61 Å². The van der Waals surface area contributed by atoms with Gasteiger partial charge in [-0.3, -0.25) is 24.5 Å². The van der Waals surface area contributed by atoms with E-state index in [1.54, 1.807) is 0 Å². The fraction of sp³-hybridized carbons (Fsp3) is 0.615. The van der Waals surface area contributed by atoms with Crippen molar-refractivity contribution < 1.29 is 38.6 Å². The van der Waals surface area contributed by atoms with Gasteiger partial charge in [-0.2, -0.15) is 0 Å². The Labute approximate surface area is 132 Å². The monoisotopic (exact) mass is 333 g/mol. The minimum atomic E-state index is -1.42. The van der Waals surface area contributed by atoms with E-state index < -0.39 is 47.7 Å². The highest BCUT2D eigenvalue weighted by atomic mass is 16.6. The largest absolute Gasteiger partial charge is 0.462 e. The maximum atomic E-state index is 11.1. The third-order valence-electron chi connectivity index (χ3n) is 2.30. The Morgan fingerprint density at radius 2 is 1.65 bits per heavy atom. The van der Waals surface area contributed by atoms with Crippen LogP contribution in [-0.4, -0.2) is 59.4 Å². The number of carbonyl (C=O) groups excluding carboxylic acids is 3. The average Bonchev–Trinajstić information content (AvgIpc) is 2.37. The van der Waals surface area contributed by atoms with Gasteiger partial charge in [-0.25, -0.2) is 0 Å². The first-order valence-corrected chi connectivity index (χ1v) is 6.57. The van der Waals surface area contributed by atoms with E-state index in [4.69, 9.17) is 14.2 Å². The lowest BCUT2D eigenvalue weighted by atomic mass is 10.1. The lowest BCUT2D eigenvalue weighted by Gasteiger charge is -2.23. The molecule has 0 saturated carbocycles. The van der Waals surface area contributed by atoms with Gasteiger partial charge in [-0.05, 0) is 12.2 Å². The summed E-state index contributed by atoms with van der Waals surface area (Å²) < 4.78 is 14.6. The highest BCUT2D eigenvalue weighted by Gasteiger charge is 2.27. The Balaban J connectivity index is 5.12. The summed E-state index contributed by atoms with van der Waals surface area (Å²) in [6.07, 6.45) is -1.60. The van der Waals surface area contributed by atoms with E-state index in [9.17, 15) is 29.6 Å². The topological polar surface area (TPSA) is 142 Å². The molecule has 0 aromatic heterocycles. The molecule has 0 saturated heterocycles. The molecule has 23 heavy (non-hydrogen) atoms. The predicted octanol–water partition coefficient (Wildman–Crippen LogP) is -0.393. The van der Waals surface area contributed by atoms with Crippen LogP contribution in [-0.2, 0) is 28.6 Å². The summed E-state index contributed by atoms with van der Waals surface area (Å²) in [6.45, 7) is 2.22. The maximum absolute atomic E-state index is 11.1. The number of aliphatic hydroxyl groups is 1. The van der Waals surface area contributed by atoms with Gasteiger partial charge in [0.1, 0.15) is 12.7 Å². The number of nitro groups is 1. The molecule has 3 atom stereocenters. The van der Waals surface area contributed by atoms with Crippen molar-refractivity contribution in [3.8, 4) is 0 Å². The van der Waals surface area contributed by atoms with E-state index in [0.717, 1.165) is 32.9 Å². The summed E-state index contributed by atoms with van der Waals surface area (Å²) in [7, 11) is 0. The van der Waals surface area contributed by atoms with Gasteiger partial charge in [0, 0.05) is 25.7 Å². The van der Waals surface area contributed by atoms with Crippen LogP contribution in [0.25, 0.3) is 0 Å². The molecule has 0 aromatic carbocycles. The standard InChI is InChI=1S/C13H19NO9/c1-8(15)21-7-13(23-10(3)17)12(22-9(2)16)5-4-11(18)6-14(19)20/h4-5,11-13,18H,6-7H2,1-3H3/b5-4+/t11?,12-,13-/m1/s1. The highest BCUT2D eigenvalue weighted by molar-refractivity contribution is 5.68. The zero-order valence-electron chi connectivity index (χ0n) is 13.0. The first-order chi connectivity index (χ1) is 10.6. The van der Waals surface area contributed by atoms with E-state index in [2.05, 4.69) is 0 Å². The molecule has 1 N–H and O–H groups in total. The molecule has 0 aliphatic carbocycles. The van der Waals surface area contributed by atoms with Gasteiger partial charge in [-0.15, -0.1) is 0 Å².